The predicted octanol–water partition coefficient (Wildman–Crippen LogP) is 2.43. The van der Waals surface area contributed by atoms with Gasteiger partial charge >= 0.3 is 25.4 Å². The van der Waals surface area contributed by atoms with E-state index in [1.165, 1.54) is 19.3 Å². The topological polar surface area (TPSA) is 37.3 Å². The largest absolute Gasteiger partial charge is 2.00 e. The first-order chi connectivity index (χ1) is 4.77. The molecule has 11 heavy (non-hydrogen) atoms. The van der Waals surface area contributed by atoms with Crippen molar-refractivity contribution in [3.63, 3.8) is 0 Å². The van der Waals surface area contributed by atoms with Crippen LogP contribution in [0.4, 0.5) is 0 Å². The maximum atomic E-state index is 10.0. The first-order valence-corrected chi connectivity index (χ1v) is 3.99. The third-order valence-corrected chi connectivity index (χ3v) is 1.49. The maximum Gasteiger partial charge on any atom is 2.00 e. The summed E-state index contributed by atoms with van der Waals surface area (Å²) in [4.78, 5) is 10.0. The van der Waals surface area contributed by atoms with Crippen LogP contribution in [0.5, 0.6) is 0 Å². The van der Waals surface area contributed by atoms with Crippen LogP contribution in [0.25, 0.3) is 0 Å². The van der Waals surface area contributed by atoms with E-state index in [-0.39, 0.29) is 19.5 Å². The average Bonchev–Trinajstić information content (AvgIpc) is 1.87. The molecular weight excluding hydrogens is 193 g/mol. The van der Waals surface area contributed by atoms with Gasteiger partial charge in [0.15, 0.2) is 0 Å². The number of rotatable bonds is 6. The van der Waals surface area contributed by atoms with E-state index in [2.05, 4.69) is 6.92 Å². The van der Waals surface area contributed by atoms with Gasteiger partial charge in [0.1, 0.15) is 0 Å². The molecule has 0 saturated carbocycles. The molecule has 2 nitrogen and oxygen atoms in total. The van der Waals surface area contributed by atoms with Gasteiger partial charge in [-0.05, 0) is 6.42 Å². The minimum absolute atomic E-state index is 0. The third-order valence-electron chi connectivity index (χ3n) is 1.49. The SMILES string of the molecule is CCCCCCCC(=O)O.[Zn+2]. The van der Waals surface area contributed by atoms with Crippen molar-refractivity contribution in [1.29, 1.82) is 0 Å². The number of unbranched alkanes of at least 4 members (excludes halogenated alkanes) is 4. The van der Waals surface area contributed by atoms with Crippen molar-refractivity contribution >= 4 is 5.97 Å². The quantitative estimate of drug-likeness (QED) is 0.539. The fourth-order valence-electron chi connectivity index (χ4n) is 0.880. The second-order valence-corrected chi connectivity index (χ2v) is 2.56. The molecule has 0 atom stereocenters. The van der Waals surface area contributed by atoms with Crippen molar-refractivity contribution in [1.82, 2.24) is 0 Å². The average molecular weight is 210 g/mol. The number of hydrogen-bond acceptors (Lipinski definition) is 1. The van der Waals surface area contributed by atoms with Crippen LogP contribution in [-0.4, -0.2) is 11.1 Å². The maximum absolute atomic E-state index is 10.0. The van der Waals surface area contributed by atoms with E-state index in [0.29, 0.717) is 6.42 Å². The molecule has 0 saturated heterocycles. The van der Waals surface area contributed by atoms with Gasteiger partial charge in [0.25, 0.3) is 0 Å². The summed E-state index contributed by atoms with van der Waals surface area (Å²) in [6.07, 6.45) is 5.88. The molecule has 0 bridgehead atoms. The zero-order valence-corrected chi connectivity index (χ0v) is 10.3. The van der Waals surface area contributed by atoms with Crippen LogP contribution in [0.3, 0.4) is 0 Å². The molecule has 0 fully saturated rings. The van der Waals surface area contributed by atoms with Crippen LogP contribution in [0, 0.1) is 0 Å². The van der Waals surface area contributed by atoms with Gasteiger partial charge in [0.2, 0.25) is 0 Å². The summed E-state index contributed by atoms with van der Waals surface area (Å²) in [5.74, 6) is -0.670. The molecule has 1 N–H and O–H groups in total. The van der Waals surface area contributed by atoms with Gasteiger partial charge in [-0.2, -0.15) is 0 Å². The summed E-state index contributed by atoms with van der Waals surface area (Å²) < 4.78 is 0. The van der Waals surface area contributed by atoms with Gasteiger partial charge in [-0.25, -0.2) is 0 Å². The Morgan fingerprint density at radius 3 is 2.18 bits per heavy atom. The van der Waals surface area contributed by atoms with Crippen molar-refractivity contribution in [2.24, 2.45) is 0 Å². The minimum Gasteiger partial charge on any atom is -0.481 e. The second kappa shape index (κ2) is 10.1. The second-order valence-electron chi connectivity index (χ2n) is 2.56. The van der Waals surface area contributed by atoms with E-state index in [4.69, 9.17) is 5.11 Å². The van der Waals surface area contributed by atoms with Crippen LogP contribution in [0.15, 0.2) is 0 Å². The van der Waals surface area contributed by atoms with Gasteiger partial charge in [0, 0.05) is 6.42 Å². The molecule has 0 spiro atoms. The van der Waals surface area contributed by atoms with Crippen LogP contribution in [-0.2, 0) is 24.3 Å². The van der Waals surface area contributed by atoms with E-state index in [0.717, 1.165) is 12.8 Å². The molecule has 0 aromatic heterocycles. The molecule has 0 radical (unpaired) electrons. The number of hydrogen-bond donors (Lipinski definition) is 1. The third kappa shape index (κ3) is 13.1. The summed E-state index contributed by atoms with van der Waals surface area (Å²) in [6.45, 7) is 2.15. The summed E-state index contributed by atoms with van der Waals surface area (Å²) in [5.41, 5.74) is 0. The van der Waals surface area contributed by atoms with E-state index < -0.39 is 5.97 Å². The summed E-state index contributed by atoms with van der Waals surface area (Å²) in [5, 5.41) is 8.27. The summed E-state index contributed by atoms with van der Waals surface area (Å²) >= 11 is 0. The Hall–Kier alpha value is 0.0934. The molecular formula is C8H16O2Zn+2. The van der Waals surface area contributed by atoms with Crippen LogP contribution in [0.2, 0.25) is 0 Å². The molecule has 60 valence electrons. The van der Waals surface area contributed by atoms with Gasteiger partial charge in [-0.3, -0.25) is 4.79 Å². The first kappa shape index (κ1) is 13.7. The Bertz CT molecular complexity index is 94.1. The molecule has 3 heteroatoms. The van der Waals surface area contributed by atoms with Gasteiger partial charge < -0.3 is 5.11 Å². The smallest absolute Gasteiger partial charge is 0.481 e. The zero-order valence-electron chi connectivity index (χ0n) is 7.31. The van der Waals surface area contributed by atoms with Crippen LogP contribution < -0.4 is 0 Å². The number of aliphatic carboxylic acids is 1. The Morgan fingerprint density at radius 2 is 1.73 bits per heavy atom. The monoisotopic (exact) mass is 208 g/mol. The van der Waals surface area contributed by atoms with Gasteiger partial charge in [-0.15, -0.1) is 0 Å². The van der Waals surface area contributed by atoms with Crippen molar-refractivity contribution in [3.8, 4) is 0 Å². The molecule has 0 aromatic rings. The van der Waals surface area contributed by atoms with Crippen LogP contribution >= 0.6 is 0 Å². The Morgan fingerprint density at radius 1 is 1.18 bits per heavy atom. The Labute approximate surface area is 81.1 Å². The van der Waals surface area contributed by atoms with Crippen molar-refractivity contribution in [3.05, 3.63) is 0 Å². The predicted molar refractivity (Wildman–Crippen MR) is 41.0 cm³/mol. The molecule has 0 unspecified atom stereocenters. The summed E-state index contributed by atoms with van der Waals surface area (Å²) in [7, 11) is 0. The molecule has 0 heterocycles. The first-order valence-electron chi connectivity index (χ1n) is 3.99. The molecule has 0 aliphatic carbocycles. The number of carboxylic acid groups (broad SMARTS) is 1. The van der Waals surface area contributed by atoms with E-state index in [1.807, 2.05) is 0 Å². The van der Waals surface area contributed by atoms with Crippen molar-refractivity contribution in [2.45, 2.75) is 45.4 Å². The standard InChI is InChI=1S/C8H16O2.Zn/c1-2-3-4-5-6-7-8(9)10;/h2-7H2,1H3,(H,9,10);/q;+2. The van der Waals surface area contributed by atoms with Crippen molar-refractivity contribution in [2.75, 3.05) is 0 Å². The van der Waals surface area contributed by atoms with Crippen molar-refractivity contribution < 1.29 is 29.4 Å². The Balaban J connectivity index is 0. The molecule has 0 aliphatic heterocycles. The summed E-state index contributed by atoms with van der Waals surface area (Å²) in [6, 6.07) is 0. The molecule has 0 aliphatic rings. The van der Waals surface area contributed by atoms with Crippen LogP contribution in [0.1, 0.15) is 45.4 Å². The van der Waals surface area contributed by atoms with Gasteiger partial charge in [0.05, 0.1) is 0 Å². The fourth-order valence-corrected chi connectivity index (χ4v) is 0.880. The molecule has 0 aromatic carbocycles. The molecule has 0 rings (SSSR count). The molecule has 0 amide bonds. The van der Waals surface area contributed by atoms with E-state index in [9.17, 15) is 4.79 Å². The number of carboxylic acids is 1. The zero-order chi connectivity index (χ0) is 7.82. The van der Waals surface area contributed by atoms with Gasteiger partial charge in [-0.1, -0.05) is 32.6 Å². The van der Waals surface area contributed by atoms with E-state index in [1.54, 1.807) is 0 Å². The fraction of sp³-hybridized carbons (Fsp3) is 0.875. The number of carbonyl (C=O) groups is 1. The van der Waals surface area contributed by atoms with E-state index >= 15 is 0 Å². The Kier molecular flexibility index (Phi) is 12.5. The normalized spacial score (nSPS) is 8.82. The minimum atomic E-state index is -0.670.